The zero-order valence-electron chi connectivity index (χ0n) is 17.3. The number of hydrogen-bond acceptors (Lipinski definition) is 3. The van der Waals surface area contributed by atoms with E-state index >= 15 is 0 Å². The lowest BCUT2D eigenvalue weighted by molar-refractivity contribution is 0.555. The molecule has 0 bridgehead atoms. The maximum atomic E-state index is 4.50. The maximum absolute atomic E-state index is 4.50. The number of guanidine groups is 1. The molecule has 2 heterocycles. The van der Waals surface area contributed by atoms with E-state index in [4.69, 9.17) is 0 Å². The summed E-state index contributed by atoms with van der Waals surface area (Å²) in [5, 5.41) is 11.3. The average Bonchev–Trinajstić information content (AvgIpc) is 3.30. The molecule has 0 spiro atoms. The number of hydrogen-bond donors (Lipinski definition) is 2. The van der Waals surface area contributed by atoms with Crippen LogP contribution in [0, 0.1) is 13.8 Å². The molecule has 3 rings (SSSR count). The van der Waals surface area contributed by atoms with Crippen LogP contribution in [0.3, 0.4) is 0 Å². The van der Waals surface area contributed by atoms with Crippen LogP contribution in [0.4, 0.5) is 0 Å². The topological polar surface area (TPSA) is 72.1 Å². The molecule has 0 unspecified atom stereocenters. The van der Waals surface area contributed by atoms with Crippen molar-refractivity contribution in [2.24, 2.45) is 4.99 Å². The van der Waals surface area contributed by atoms with Gasteiger partial charge in [0.05, 0.1) is 12.0 Å². The second-order valence-electron chi connectivity index (χ2n) is 6.91. The average molecular weight is 507 g/mol. The molecule has 156 valence electrons. The van der Waals surface area contributed by atoms with Gasteiger partial charge in [0.1, 0.15) is 0 Å². The first-order valence-corrected chi connectivity index (χ1v) is 9.63. The van der Waals surface area contributed by atoms with E-state index in [0.29, 0.717) is 0 Å². The molecule has 0 amide bonds. The highest BCUT2D eigenvalue weighted by Crippen LogP contribution is 2.07. The van der Waals surface area contributed by atoms with E-state index in [2.05, 4.69) is 72.2 Å². The molecular weight excluding hydrogens is 477 g/mol. The monoisotopic (exact) mass is 507 g/mol. The Balaban J connectivity index is 0.00000300. The van der Waals surface area contributed by atoms with Crippen LogP contribution in [-0.2, 0) is 19.6 Å². The van der Waals surface area contributed by atoms with E-state index in [9.17, 15) is 0 Å². The summed E-state index contributed by atoms with van der Waals surface area (Å²) >= 11 is 0. The first-order valence-electron chi connectivity index (χ1n) is 9.63. The highest BCUT2D eigenvalue weighted by molar-refractivity contribution is 14.0. The van der Waals surface area contributed by atoms with Crippen molar-refractivity contribution in [1.29, 1.82) is 0 Å². The van der Waals surface area contributed by atoms with Crippen LogP contribution < -0.4 is 10.6 Å². The lowest BCUT2D eigenvalue weighted by Crippen LogP contribution is -2.37. The number of halogens is 1. The molecule has 0 fully saturated rings. The Morgan fingerprint density at radius 3 is 2.66 bits per heavy atom. The van der Waals surface area contributed by atoms with Gasteiger partial charge in [0, 0.05) is 51.3 Å². The number of nitrogens with zero attached hydrogens (tertiary/aromatic N) is 5. The number of nitrogens with one attached hydrogen (secondary N) is 2. The van der Waals surface area contributed by atoms with Crippen molar-refractivity contribution in [3.05, 3.63) is 71.6 Å². The lowest BCUT2D eigenvalue weighted by Gasteiger charge is -2.13. The SMILES string of the molecule is CN=C(NCCCn1nc(C)cc1C)NCc1cccc(Cn2ccnc2)c1.I. The largest absolute Gasteiger partial charge is 0.356 e. The third-order valence-corrected chi connectivity index (χ3v) is 4.54. The first-order chi connectivity index (χ1) is 13.6. The summed E-state index contributed by atoms with van der Waals surface area (Å²) in [6, 6.07) is 10.7. The van der Waals surface area contributed by atoms with Gasteiger partial charge in [-0.2, -0.15) is 5.10 Å². The zero-order valence-corrected chi connectivity index (χ0v) is 19.6. The Labute approximate surface area is 189 Å². The number of aliphatic imine (C=N–C) groups is 1. The number of aromatic nitrogens is 4. The van der Waals surface area contributed by atoms with E-state index in [1.807, 2.05) is 19.4 Å². The number of imidazole rings is 1. The van der Waals surface area contributed by atoms with Gasteiger partial charge < -0.3 is 15.2 Å². The van der Waals surface area contributed by atoms with Gasteiger partial charge in [-0.25, -0.2) is 4.98 Å². The molecule has 3 aromatic rings. The van der Waals surface area contributed by atoms with Crippen LogP contribution in [-0.4, -0.2) is 38.9 Å². The van der Waals surface area contributed by atoms with Crippen molar-refractivity contribution in [2.45, 2.75) is 39.9 Å². The van der Waals surface area contributed by atoms with Crippen molar-refractivity contribution in [1.82, 2.24) is 30.0 Å². The summed E-state index contributed by atoms with van der Waals surface area (Å²) < 4.78 is 4.12. The van der Waals surface area contributed by atoms with E-state index in [0.717, 1.165) is 44.3 Å². The van der Waals surface area contributed by atoms with Crippen molar-refractivity contribution in [2.75, 3.05) is 13.6 Å². The van der Waals surface area contributed by atoms with Crippen LogP contribution in [0.15, 0.2) is 54.0 Å². The van der Waals surface area contributed by atoms with Crippen LogP contribution in [0.5, 0.6) is 0 Å². The molecule has 7 nitrogen and oxygen atoms in total. The Morgan fingerprint density at radius 1 is 1.14 bits per heavy atom. The molecule has 1 aromatic carbocycles. The summed E-state index contributed by atoms with van der Waals surface area (Å²) in [4.78, 5) is 8.41. The van der Waals surface area contributed by atoms with E-state index in [-0.39, 0.29) is 24.0 Å². The number of rotatable bonds is 8. The highest BCUT2D eigenvalue weighted by atomic mass is 127. The van der Waals surface area contributed by atoms with Crippen LogP contribution in [0.1, 0.15) is 28.9 Å². The smallest absolute Gasteiger partial charge is 0.191 e. The first kappa shape index (κ1) is 22.9. The maximum Gasteiger partial charge on any atom is 0.191 e. The standard InChI is InChI=1S/C21H29N7.HI/c1-17-12-18(2)28(26-17)10-5-8-24-21(22-3)25-14-19-6-4-7-20(13-19)15-27-11-9-23-16-27;/h4,6-7,9,11-13,16H,5,8,10,14-15H2,1-3H3,(H2,22,24,25);1H. The predicted octanol–water partition coefficient (Wildman–Crippen LogP) is 3.12. The quantitative estimate of drug-likeness (QED) is 0.213. The summed E-state index contributed by atoms with van der Waals surface area (Å²) in [5.41, 5.74) is 4.75. The lowest BCUT2D eigenvalue weighted by atomic mass is 10.1. The normalized spacial score (nSPS) is 11.2. The van der Waals surface area contributed by atoms with Gasteiger partial charge >= 0.3 is 0 Å². The fraction of sp³-hybridized carbons (Fsp3) is 0.381. The minimum absolute atomic E-state index is 0. The molecule has 0 atom stereocenters. The highest BCUT2D eigenvalue weighted by Gasteiger charge is 2.02. The van der Waals surface area contributed by atoms with Gasteiger partial charge in [-0.05, 0) is 37.5 Å². The fourth-order valence-corrected chi connectivity index (χ4v) is 3.17. The van der Waals surface area contributed by atoms with Crippen LogP contribution >= 0.6 is 24.0 Å². The molecule has 0 saturated carbocycles. The van der Waals surface area contributed by atoms with Gasteiger partial charge in [-0.15, -0.1) is 24.0 Å². The van der Waals surface area contributed by atoms with Crippen molar-refractivity contribution in [3.63, 3.8) is 0 Å². The summed E-state index contributed by atoms with van der Waals surface area (Å²) in [5.74, 6) is 0.813. The minimum atomic E-state index is 0. The molecule has 2 aromatic heterocycles. The van der Waals surface area contributed by atoms with Gasteiger partial charge in [-0.1, -0.05) is 24.3 Å². The number of benzene rings is 1. The Morgan fingerprint density at radius 2 is 1.97 bits per heavy atom. The fourth-order valence-electron chi connectivity index (χ4n) is 3.17. The molecule has 2 N–H and O–H groups in total. The van der Waals surface area contributed by atoms with Crippen LogP contribution in [0.2, 0.25) is 0 Å². The Kier molecular flexibility index (Phi) is 9.17. The Hall–Kier alpha value is -2.36. The molecule has 0 aliphatic heterocycles. The summed E-state index contributed by atoms with van der Waals surface area (Å²) in [6.07, 6.45) is 6.60. The van der Waals surface area contributed by atoms with Crippen molar-refractivity contribution < 1.29 is 0 Å². The van der Waals surface area contributed by atoms with E-state index in [1.54, 1.807) is 13.2 Å². The van der Waals surface area contributed by atoms with E-state index < -0.39 is 0 Å². The molecule has 8 heteroatoms. The summed E-state index contributed by atoms with van der Waals surface area (Å²) in [6.45, 7) is 7.42. The van der Waals surface area contributed by atoms with Gasteiger partial charge in [0.25, 0.3) is 0 Å². The second-order valence-corrected chi connectivity index (χ2v) is 6.91. The van der Waals surface area contributed by atoms with Crippen molar-refractivity contribution in [3.8, 4) is 0 Å². The Bertz CT molecular complexity index is 900. The van der Waals surface area contributed by atoms with Crippen LogP contribution in [0.25, 0.3) is 0 Å². The van der Waals surface area contributed by atoms with Crippen molar-refractivity contribution >= 4 is 29.9 Å². The van der Waals surface area contributed by atoms with E-state index in [1.165, 1.54) is 16.8 Å². The molecule has 0 aliphatic rings. The molecule has 0 radical (unpaired) electrons. The third-order valence-electron chi connectivity index (χ3n) is 4.54. The van der Waals surface area contributed by atoms with Gasteiger partial charge in [-0.3, -0.25) is 9.67 Å². The molecule has 29 heavy (non-hydrogen) atoms. The third kappa shape index (κ3) is 7.19. The zero-order chi connectivity index (χ0) is 19.8. The molecule has 0 saturated heterocycles. The second kappa shape index (κ2) is 11.6. The van der Waals surface area contributed by atoms with Gasteiger partial charge in [0.15, 0.2) is 5.96 Å². The summed E-state index contributed by atoms with van der Waals surface area (Å²) in [7, 11) is 1.80. The predicted molar refractivity (Wildman–Crippen MR) is 128 cm³/mol. The molecule has 0 aliphatic carbocycles. The van der Waals surface area contributed by atoms with Gasteiger partial charge in [0.2, 0.25) is 0 Å². The molecular formula is C21H30IN7. The number of aryl methyl sites for hydroxylation is 3. The minimum Gasteiger partial charge on any atom is -0.356 e.